The standard InChI is InChI=1S/C10H21N3O2/c1-4-12-9(14)7-13(3)10(15)6-5-8(2)11/h8H,4-7,11H2,1-3H3,(H,12,14). The molecule has 0 rings (SSSR count). The fourth-order valence-electron chi connectivity index (χ4n) is 1.10. The summed E-state index contributed by atoms with van der Waals surface area (Å²) in [4.78, 5) is 24.1. The molecule has 0 aliphatic rings. The molecule has 0 fully saturated rings. The van der Waals surface area contributed by atoms with Crippen LogP contribution in [-0.2, 0) is 9.59 Å². The van der Waals surface area contributed by atoms with Gasteiger partial charge in [-0.3, -0.25) is 9.59 Å². The Kier molecular flexibility index (Phi) is 6.70. The van der Waals surface area contributed by atoms with E-state index in [1.165, 1.54) is 4.90 Å². The zero-order valence-electron chi connectivity index (χ0n) is 9.75. The Hall–Kier alpha value is -1.10. The third-order valence-electron chi connectivity index (χ3n) is 1.99. The van der Waals surface area contributed by atoms with Gasteiger partial charge in [-0.25, -0.2) is 0 Å². The quantitative estimate of drug-likeness (QED) is 0.639. The summed E-state index contributed by atoms with van der Waals surface area (Å²) in [7, 11) is 1.62. The second kappa shape index (κ2) is 7.23. The Morgan fingerprint density at radius 2 is 2.07 bits per heavy atom. The molecule has 88 valence electrons. The molecule has 1 atom stereocenters. The maximum Gasteiger partial charge on any atom is 0.239 e. The number of nitrogens with two attached hydrogens (primary N) is 1. The number of nitrogens with zero attached hydrogens (tertiary/aromatic N) is 1. The zero-order valence-corrected chi connectivity index (χ0v) is 9.75. The molecule has 0 aromatic rings. The van der Waals surface area contributed by atoms with E-state index >= 15 is 0 Å². The highest BCUT2D eigenvalue weighted by Gasteiger charge is 2.12. The van der Waals surface area contributed by atoms with Crippen molar-refractivity contribution in [1.29, 1.82) is 0 Å². The first-order chi connectivity index (χ1) is 6.97. The van der Waals surface area contributed by atoms with Gasteiger partial charge in [-0.2, -0.15) is 0 Å². The van der Waals surface area contributed by atoms with Crippen LogP contribution in [0.5, 0.6) is 0 Å². The molecule has 0 aliphatic heterocycles. The molecule has 0 saturated heterocycles. The first-order valence-corrected chi connectivity index (χ1v) is 5.23. The highest BCUT2D eigenvalue weighted by Crippen LogP contribution is 1.97. The highest BCUT2D eigenvalue weighted by atomic mass is 16.2. The van der Waals surface area contributed by atoms with Crippen molar-refractivity contribution in [2.75, 3.05) is 20.1 Å². The predicted molar refractivity (Wildman–Crippen MR) is 59.2 cm³/mol. The lowest BCUT2D eigenvalue weighted by molar-refractivity contribution is -0.134. The molecule has 0 aromatic heterocycles. The number of carbonyl (C=O) groups is 2. The van der Waals surface area contributed by atoms with Gasteiger partial charge < -0.3 is 16.0 Å². The van der Waals surface area contributed by atoms with Crippen LogP contribution in [-0.4, -0.2) is 42.9 Å². The summed E-state index contributed by atoms with van der Waals surface area (Å²) in [5.74, 6) is -0.173. The van der Waals surface area contributed by atoms with E-state index in [1.54, 1.807) is 7.05 Å². The normalized spacial score (nSPS) is 12.0. The fraction of sp³-hybridized carbons (Fsp3) is 0.800. The monoisotopic (exact) mass is 215 g/mol. The summed E-state index contributed by atoms with van der Waals surface area (Å²) in [6, 6.07) is 0.0202. The molecule has 0 aliphatic carbocycles. The lowest BCUT2D eigenvalue weighted by Gasteiger charge is -2.16. The molecule has 2 amide bonds. The Bertz CT molecular complexity index is 217. The van der Waals surface area contributed by atoms with Gasteiger partial charge in [-0.1, -0.05) is 0 Å². The van der Waals surface area contributed by atoms with Gasteiger partial charge in [0.15, 0.2) is 0 Å². The topological polar surface area (TPSA) is 75.4 Å². The van der Waals surface area contributed by atoms with Gasteiger partial charge in [0.25, 0.3) is 0 Å². The summed E-state index contributed by atoms with van der Waals surface area (Å²) >= 11 is 0. The maximum absolute atomic E-state index is 11.5. The van der Waals surface area contributed by atoms with Crippen LogP contribution in [0.2, 0.25) is 0 Å². The molecule has 0 heterocycles. The highest BCUT2D eigenvalue weighted by molar-refractivity contribution is 5.84. The first-order valence-electron chi connectivity index (χ1n) is 5.23. The number of carbonyl (C=O) groups excluding carboxylic acids is 2. The van der Waals surface area contributed by atoms with E-state index in [9.17, 15) is 9.59 Å². The fourth-order valence-corrected chi connectivity index (χ4v) is 1.10. The summed E-state index contributed by atoms with van der Waals surface area (Å²) in [6.45, 7) is 4.40. The minimum absolute atomic E-state index is 0.0202. The van der Waals surface area contributed by atoms with E-state index in [4.69, 9.17) is 5.73 Å². The van der Waals surface area contributed by atoms with E-state index < -0.39 is 0 Å². The molecule has 3 N–H and O–H groups in total. The van der Waals surface area contributed by atoms with Crippen molar-refractivity contribution in [1.82, 2.24) is 10.2 Å². The second-order valence-corrected chi connectivity index (χ2v) is 3.72. The number of hydrogen-bond acceptors (Lipinski definition) is 3. The van der Waals surface area contributed by atoms with E-state index in [1.807, 2.05) is 13.8 Å². The molecule has 15 heavy (non-hydrogen) atoms. The average molecular weight is 215 g/mol. The number of likely N-dealkylation sites (N-methyl/N-ethyl adjacent to an activating group) is 2. The molecule has 0 bridgehead atoms. The van der Waals surface area contributed by atoms with Crippen molar-refractivity contribution in [3.8, 4) is 0 Å². The molecule has 0 saturated carbocycles. The van der Waals surface area contributed by atoms with E-state index in [0.717, 1.165) is 0 Å². The van der Waals surface area contributed by atoms with E-state index in [-0.39, 0.29) is 24.4 Å². The minimum atomic E-state index is -0.130. The number of rotatable bonds is 6. The van der Waals surface area contributed by atoms with Gasteiger partial charge in [0.2, 0.25) is 11.8 Å². The summed E-state index contributed by atoms with van der Waals surface area (Å²) in [5.41, 5.74) is 5.54. The van der Waals surface area contributed by atoms with Crippen molar-refractivity contribution in [3.63, 3.8) is 0 Å². The van der Waals surface area contributed by atoms with E-state index in [2.05, 4.69) is 5.32 Å². The van der Waals surface area contributed by atoms with Crippen LogP contribution in [0.15, 0.2) is 0 Å². The third kappa shape index (κ3) is 6.90. The number of hydrogen-bond donors (Lipinski definition) is 2. The first kappa shape index (κ1) is 13.9. The van der Waals surface area contributed by atoms with Crippen molar-refractivity contribution < 1.29 is 9.59 Å². The van der Waals surface area contributed by atoms with Gasteiger partial charge in [0.05, 0.1) is 6.54 Å². The lowest BCUT2D eigenvalue weighted by Crippen LogP contribution is -2.38. The Morgan fingerprint density at radius 3 is 2.53 bits per heavy atom. The Morgan fingerprint density at radius 1 is 1.47 bits per heavy atom. The maximum atomic E-state index is 11.5. The summed E-state index contributed by atoms with van der Waals surface area (Å²) in [6.07, 6.45) is 1.05. The molecule has 1 unspecified atom stereocenters. The smallest absolute Gasteiger partial charge is 0.239 e. The zero-order chi connectivity index (χ0) is 11.8. The number of amides is 2. The second-order valence-electron chi connectivity index (χ2n) is 3.72. The van der Waals surface area contributed by atoms with Gasteiger partial charge in [-0.15, -0.1) is 0 Å². The van der Waals surface area contributed by atoms with Crippen LogP contribution < -0.4 is 11.1 Å². The van der Waals surface area contributed by atoms with Gasteiger partial charge in [0.1, 0.15) is 0 Å². The average Bonchev–Trinajstić information content (AvgIpc) is 2.14. The third-order valence-corrected chi connectivity index (χ3v) is 1.99. The van der Waals surface area contributed by atoms with Crippen LogP contribution in [0.4, 0.5) is 0 Å². The lowest BCUT2D eigenvalue weighted by atomic mass is 10.2. The summed E-state index contributed by atoms with van der Waals surface area (Å²) in [5, 5.41) is 2.64. The minimum Gasteiger partial charge on any atom is -0.355 e. The van der Waals surface area contributed by atoms with Crippen LogP contribution in [0.1, 0.15) is 26.7 Å². The van der Waals surface area contributed by atoms with Crippen LogP contribution in [0, 0.1) is 0 Å². The van der Waals surface area contributed by atoms with Crippen LogP contribution in [0.25, 0.3) is 0 Å². The molecule has 0 aromatic carbocycles. The largest absolute Gasteiger partial charge is 0.355 e. The van der Waals surface area contributed by atoms with Crippen LogP contribution >= 0.6 is 0 Å². The van der Waals surface area contributed by atoms with E-state index in [0.29, 0.717) is 19.4 Å². The van der Waals surface area contributed by atoms with Crippen molar-refractivity contribution in [3.05, 3.63) is 0 Å². The van der Waals surface area contributed by atoms with Crippen LogP contribution in [0.3, 0.4) is 0 Å². The SMILES string of the molecule is CCNC(=O)CN(C)C(=O)CCC(C)N. The number of nitrogens with one attached hydrogen (secondary N) is 1. The molecular formula is C10H21N3O2. The van der Waals surface area contributed by atoms with Crippen molar-refractivity contribution in [2.24, 2.45) is 5.73 Å². The Labute approximate surface area is 91.0 Å². The molecule has 0 radical (unpaired) electrons. The summed E-state index contributed by atoms with van der Waals surface area (Å²) < 4.78 is 0. The van der Waals surface area contributed by atoms with Crippen molar-refractivity contribution in [2.45, 2.75) is 32.7 Å². The van der Waals surface area contributed by atoms with Gasteiger partial charge >= 0.3 is 0 Å². The molecule has 0 spiro atoms. The molecule has 5 heteroatoms. The molecular weight excluding hydrogens is 194 g/mol. The predicted octanol–water partition coefficient (Wildman–Crippen LogP) is -0.292. The Balaban J connectivity index is 3.83. The van der Waals surface area contributed by atoms with Gasteiger partial charge in [-0.05, 0) is 20.3 Å². The molecule has 5 nitrogen and oxygen atoms in total. The van der Waals surface area contributed by atoms with Crippen molar-refractivity contribution >= 4 is 11.8 Å². The van der Waals surface area contributed by atoms with Gasteiger partial charge in [0, 0.05) is 26.1 Å².